The van der Waals surface area contributed by atoms with Gasteiger partial charge in [-0.3, -0.25) is 0 Å². The second kappa shape index (κ2) is 5.49. The van der Waals surface area contributed by atoms with Gasteiger partial charge in [-0.05, 0) is 60.8 Å². The quantitative estimate of drug-likeness (QED) is 0.807. The number of amides is 2. The van der Waals surface area contributed by atoms with Gasteiger partial charge in [-0.25, -0.2) is 4.79 Å². The Labute approximate surface area is 121 Å². The second-order valence-electron chi connectivity index (χ2n) is 4.74. The van der Waals surface area contributed by atoms with Gasteiger partial charge >= 0.3 is 6.03 Å². The average Bonchev–Trinajstić information content (AvgIpc) is 2.64. The van der Waals surface area contributed by atoms with E-state index in [0.717, 1.165) is 23.0 Å². The van der Waals surface area contributed by atoms with Gasteiger partial charge in [0.05, 0.1) is 5.02 Å². The molecule has 2 atom stereocenters. The number of urea groups is 1. The van der Waals surface area contributed by atoms with Crippen molar-refractivity contribution in [2.24, 2.45) is 0 Å². The molecule has 1 saturated heterocycles. The first kappa shape index (κ1) is 13.7. The number of hydrogen-bond acceptors (Lipinski definition) is 1. The van der Waals surface area contributed by atoms with Crippen LogP contribution in [0.15, 0.2) is 22.7 Å². The molecule has 3 nitrogen and oxygen atoms in total. The molecule has 1 aromatic rings. The predicted octanol–water partition coefficient (Wildman–Crippen LogP) is 4.51. The lowest BCUT2D eigenvalue weighted by Gasteiger charge is -2.26. The summed E-state index contributed by atoms with van der Waals surface area (Å²) in [7, 11) is 0. The van der Waals surface area contributed by atoms with Crippen LogP contribution >= 0.6 is 27.5 Å². The standard InChI is InChI=1S/C13H16BrClN2O/c1-8-3-4-9(2)17(8)13(18)16-10-5-6-12(15)11(14)7-10/h5-9H,3-4H2,1-2H3,(H,16,18). The Morgan fingerprint density at radius 3 is 2.56 bits per heavy atom. The van der Waals surface area contributed by atoms with Gasteiger partial charge in [-0.1, -0.05) is 11.6 Å². The van der Waals surface area contributed by atoms with E-state index < -0.39 is 0 Å². The van der Waals surface area contributed by atoms with E-state index in [1.54, 1.807) is 12.1 Å². The van der Waals surface area contributed by atoms with Gasteiger partial charge in [-0.15, -0.1) is 0 Å². The van der Waals surface area contributed by atoms with Crippen LogP contribution in [0.25, 0.3) is 0 Å². The van der Waals surface area contributed by atoms with E-state index in [1.807, 2.05) is 11.0 Å². The minimum atomic E-state index is -0.0401. The molecule has 0 aliphatic carbocycles. The first-order chi connectivity index (χ1) is 8.49. The number of anilines is 1. The van der Waals surface area contributed by atoms with Crippen molar-refractivity contribution < 1.29 is 4.79 Å². The Balaban J connectivity index is 2.09. The molecule has 2 rings (SSSR count). The molecule has 0 bridgehead atoms. The number of likely N-dealkylation sites (tertiary alicyclic amines) is 1. The summed E-state index contributed by atoms with van der Waals surface area (Å²) in [5, 5.41) is 3.55. The first-order valence-corrected chi connectivity index (χ1v) is 7.20. The van der Waals surface area contributed by atoms with Gasteiger partial charge in [0.2, 0.25) is 0 Å². The normalized spacial score (nSPS) is 23.2. The number of nitrogens with one attached hydrogen (secondary N) is 1. The fraction of sp³-hybridized carbons (Fsp3) is 0.462. The minimum Gasteiger partial charge on any atom is -0.319 e. The van der Waals surface area contributed by atoms with E-state index in [2.05, 4.69) is 35.1 Å². The number of nitrogens with zero attached hydrogens (tertiary/aromatic N) is 1. The monoisotopic (exact) mass is 330 g/mol. The third-order valence-electron chi connectivity index (χ3n) is 3.36. The molecule has 0 spiro atoms. The Bertz CT molecular complexity index is 456. The van der Waals surface area contributed by atoms with Crippen LogP contribution in [-0.2, 0) is 0 Å². The van der Waals surface area contributed by atoms with Crippen LogP contribution in [0.1, 0.15) is 26.7 Å². The van der Waals surface area contributed by atoms with Gasteiger partial charge < -0.3 is 10.2 Å². The molecule has 0 aromatic heterocycles. The van der Waals surface area contributed by atoms with Gasteiger partial charge in [0.1, 0.15) is 0 Å². The maximum Gasteiger partial charge on any atom is 0.322 e. The summed E-state index contributed by atoms with van der Waals surface area (Å²) in [4.78, 5) is 14.1. The SMILES string of the molecule is CC1CCC(C)N1C(=O)Nc1ccc(Cl)c(Br)c1. The average molecular weight is 332 g/mol. The second-order valence-corrected chi connectivity index (χ2v) is 6.00. The Hall–Kier alpha value is -0.740. The minimum absolute atomic E-state index is 0.0401. The molecular formula is C13H16BrClN2O. The molecule has 1 heterocycles. The number of hydrogen-bond donors (Lipinski definition) is 1. The molecule has 2 amide bonds. The van der Waals surface area contributed by atoms with Crippen molar-refractivity contribution in [3.8, 4) is 0 Å². The number of rotatable bonds is 1. The van der Waals surface area contributed by atoms with Crippen molar-refractivity contribution in [3.63, 3.8) is 0 Å². The summed E-state index contributed by atoms with van der Waals surface area (Å²) in [6, 6.07) is 5.94. The fourth-order valence-electron chi connectivity index (χ4n) is 2.36. The zero-order chi connectivity index (χ0) is 13.3. The van der Waals surface area contributed by atoms with Crippen molar-refractivity contribution in [2.75, 3.05) is 5.32 Å². The highest BCUT2D eigenvalue weighted by atomic mass is 79.9. The molecular weight excluding hydrogens is 316 g/mol. The molecule has 1 aromatic carbocycles. The van der Waals surface area contributed by atoms with Crippen LogP contribution in [0.4, 0.5) is 10.5 Å². The lowest BCUT2D eigenvalue weighted by Crippen LogP contribution is -2.41. The zero-order valence-electron chi connectivity index (χ0n) is 10.4. The largest absolute Gasteiger partial charge is 0.322 e. The number of carbonyl (C=O) groups is 1. The molecule has 0 radical (unpaired) electrons. The number of carbonyl (C=O) groups excluding carboxylic acids is 1. The topological polar surface area (TPSA) is 32.3 Å². The van der Waals surface area contributed by atoms with Gasteiger partial charge in [0.15, 0.2) is 0 Å². The first-order valence-electron chi connectivity index (χ1n) is 6.03. The summed E-state index contributed by atoms with van der Waals surface area (Å²) in [5.74, 6) is 0. The van der Waals surface area contributed by atoms with Gasteiger partial charge in [0.25, 0.3) is 0 Å². The molecule has 18 heavy (non-hydrogen) atoms. The smallest absolute Gasteiger partial charge is 0.319 e. The highest BCUT2D eigenvalue weighted by Crippen LogP contribution is 2.27. The third-order valence-corrected chi connectivity index (χ3v) is 4.57. The molecule has 1 N–H and O–H groups in total. The zero-order valence-corrected chi connectivity index (χ0v) is 12.8. The van der Waals surface area contributed by atoms with Gasteiger partial charge in [-0.2, -0.15) is 0 Å². The highest BCUT2D eigenvalue weighted by Gasteiger charge is 2.31. The molecule has 98 valence electrons. The van der Waals surface area contributed by atoms with E-state index in [0.29, 0.717) is 17.1 Å². The molecule has 2 unspecified atom stereocenters. The van der Waals surface area contributed by atoms with Crippen molar-refractivity contribution in [3.05, 3.63) is 27.7 Å². The van der Waals surface area contributed by atoms with Crippen molar-refractivity contribution in [1.29, 1.82) is 0 Å². The molecule has 5 heteroatoms. The van der Waals surface area contributed by atoms with Crippen molar-refractivity contribution >= 4 is 39.2 Å². The van der Waals surface area contributed by atoms with Crippen LogP contribution < -0.4 is 5.32 Å². The fourth-order valence-corrected chi connectivity index (χ4v) is 2.85. The van der Waals surface area contributed by atoms with E-state index >= 15 is 0 Å². The summed E-state index contributed by atoms with van der Waals surface area (Å²) < 4.78 is 0.782. The number of benzene rings is 1. The summed E-state index contributed by atoms with van der Waals surface area (Å²) >= 11 is 9.27. The van der Waals surface area contributed by atoms with Crippen LogP contribution in [0.3, 0.4) is 0 Å². The Morgan fingerprint density at radius 1 is 1.39 bits per heavy atom. The van der Waals surface area contributed by atoms with E-state index in [4.69, 9.17) is 11.6 Å². The van der Waals surface area contributed by atoms with Gasteiger partial charge in [0, 0.05) is 22.2 Å². The molecule has 1 aliphatic heterocycles. The van der Waals surface area contributed by atoms with Crippen LogP contribution in [0.5, 0.6) is 0 Å². The maximum absolute atomic E-state index is 12.2. The van der Waals surface area contributed by atoms with Crippen molar-refractivity contribution in [2.45, 2.75) is 38.8 Å². The van der Waals surface area contributed by atoms with E-state index in [1.165, 1.54) is 0 Å². The van der Waals surface area contributed by atoms with Crippen molar-refractivity contribution in [1.82, 2.24) is 4.90 Å². The molecule has 0 saturated carbocycles. The third kappa shape index (κ3) is 2.81. The summed E-state index contributed by atoms with van der Waals surface area (Å²) in [6.45, 7) is 4.17. The van der Waals surface area contributed by atoms with E-state index in [-0.39, 0.29) is 6.03 Å². The maximum atomic E-state index is 12.2. The molecule has 1 fully saturated rings. The van der Waals surface area contributed by atoms with Crippen LogP contribution in [0.2, 0.25) is 5.02 Å². The lowest BCUT2D eigenvalue weighted by atomic mass is 10.2. The predicted molar refractivity (Wildman–Crippen MR) is 78.2 cm³/mol. The summed E-state index contributed by atoms with van der Waals surface area (Å²) in [5.41, 5.74) is 0.752. The van der Waals surface area contributed by atoms with Crippen LogP contribution in [-0.4, -0.2) is 23.0 Å². The Kier molecular flexibility index (Phi) is 4.17. The highest BCUT2D eigenvalue weighted by molar-refractivity contribution is 9.10. The number of halogens is 2. The molecule has 1 aliphatic rings. The summed E-state index contributed by atoms with van der Waals surface area (Å²) in [6.07, 6.45) is 2.14. The lowest BCUT2D eigenvalue weighted by molar-refractivity contribution is 0.194. The van der Waals surface area contributed by atoms with E-state index in [9.17, 15) is 4.79 Å². The Morgan fingerprint density at radius 2 is 2.00 bits per heavy atom. The van der Waals surface area contributed by atoms with Crippen LogP contribution in [0, 0.1) is 0 Å².